The Bertz CT molecular complexity index is 2830. The van der Waals surface area contributed by atoms with E-state index in [1.165, 1.54) is 16.7 Å². The Morgan fingerprint density at radius 3 is 1.39 bits per heavy atom. The van der Waals surface area contributed by atoms with E-state index in [1.807, 2.05) is 54.6 Å². The Hall–Kier alpha value is -7.03. The lowest BCUT2D eigenvalue weighted by molar-refractivity contribution is 0.403. The van der Waals surface area contributed by atoms with Crippen molar-refractivity contribution in [3.05, 3.63) is 181 Å². The van der Waals surface area contributed by atoms with E-state index in [0.717, 1.165) is 50.9 Å². The lowest BCUT2D eigenvalue weighted by Gasteiger charge is -2.22. The lowest BCUT2D eigenvalue weighted by Crippen LogP contribution is -2.17. The summed E-state index contributed by atoms with van der Waals surface area (Å²) < 4.78 is 0. The lowest BCUT2D eigenvalue weighted by atomic mass is 9.82. The molecule has 1 aliphatic rings. The highest BCUT2D eigenvalue weighted by Crippen LogP contribution is 2.50. The third-order valence-corrected chi connectivity index (χ3v) is 11.2. The van der Waals surface area contributed by atoms with Crippen molar-refractivity contribution in [3.63, 3.8) is 0 Å². The van der Waals surface area contributed by atoms with Gasteiger partial charge in [0.05, 0.1) is 11.3 Å². The molecule has 0 saturated carbocycles. The second-order valence-corrected chi connectivity index (χ2v) is 16.2. The van der Waals surface area contributed by atoms with Crippen LogP contribution >= 0.6 is 0 Å². The first-order valence-electron chi connectivity index (χ1n) is 19.4. The molecule has 2 heterocycles. The van der Waals surface area contributed by atoms with Gasteiger partial charge in [-0.3, -0.25) is 4.98 Å². The minimum absolute atomic E-state index is 0.0269. The summed E-state index contributed by atoms with van der Waals surface area (Å²) in [6, 6.07) is 56.7. The Labute approximate surface area is 334 Å². The Morgan fingerprint density at radius 2 is 0.860 bits per heavy atom. The van der Waals surface area contributed by atoms with Gasteiger partial charge in [0.15, 0.2) is 17.5 Å². The average molecular weight is 736 g/mol. The predicted octanol–water partition coefficient (Wildman–Crippen LogP) is 12.8. The summed E-state index contributed by atoms with van der Waals surface area (Å²) in [5.74, 6) is 1.52. The van der Waals surface area contributed by atoms with Crippen LogP contribution in [0.1, 0.15) is 50.8 Å². The van der Waals surface area contributed by atoms with Gasteiger partial charge in [0.25, 0.3) is 0 Å². The molecule has 2 aromatic heterocycles. The van der Waals surface area contributed by atoms with E-state index in [0.29, 0.717) is 34.3 Å². The molecule has 274 valence electrons. The number of hydrogen-bond acceptors (Lipinski definition) is 5. The molecule has 9 rings (SSSR count). The van der Waals surface area contributed by atoms with Gasteiger partial charge in [-0.1, -0.05) is 155 Å². The Morgan fingerprint density at radius 1 is 0.421 bits per heavy atom. The highest BCUT2D eigenvalue weighted by atomic mass is 15.0. The third kappa shape index (κ3) is 6.92. The fraction of sp³-hybridized carbons (Fsp3) is 0.135. The van der Waals surface area contributed by atoms with Crippen molar-refractivity contribution in [3.8, 4) is 84.9 Å². The van der Waals surface area contributed by atoms with E-state index in [4.69, 9.17) is 19.9 Å². The van der Waals surface area contributed by atoms with Crippen LogP contribution in [0.2, 0.25) is 0 Å². The summed E-state index contributed by atoms with van der Waals surface area (Å²) in [4.78, 5) is 20.1. The van der Waals surface area contributed by atoms with E-state index >= 15 is 0 Å². The summed E-state index contributed by atoms with van der Waals surface area (Å²) in [6.45, 7) is 9.22. The van der Waals surface area contributed by atoms with Crippen LogP contribution in [0.15, 0.2) is 164 Å². The normalized spacial score (nSPS) is 13.8. The van der Waals surface area contributed by atoms with Crippen LogP contribution in [0.25, 0.3) is 78.8 Å². The van der Waals surface area contributed by atoms with E-state index < -0.39 is 0 Å². The summed E-state index contributed by atoms with van der Waals surface area (Å²) >= 11 is 0. The average Bonchev–Trinajstić information content (AvgIpc) is 3.45. The van der Waals surface area contributed by atoms with Crippen molar-refractivity contribution in [2.45, 2.75) is 44.9 Å². The van der Waals surface area contributed by atoms with Crippen LogP contribution < -0.4 is 0 Å². The molecule has 0 unspecified atom stereocenters. The molecular weight excluding hydrogens is 695 g/mol. The zero-order valence-electron chi connectivity index (χ0n) is 32.5. The number of rotatable bonds is 7. The minimum atomic E-state index is 0.0269. The molecule has 0 atom stereocenters. The summed E-state index contributed by atoms with van der Waals surface area (Å²) in [7, 11) is 0. The third-order valence-electron chi connectivity index (χ3n) is 11.2. The number of benzene rings is 6. The van der Waals surface area contributed by atoms with Crippen LogP contribution in [-0.4, -0.2) is 19.9 Å². The van der Waals surface area contributed by atoms with Crippen molar-refractivity contribution in [1.82, 2.24) is 19.9 Å². The Balaban J connectivity index is 1.16. The van der Waals surface area contributed by atoms with Gasteiger partial charge in [-0.25, -0.2) is 15.0 Å². The van der Waals surface area contributed by atoms with Crippen molar-refractivity contribution < 1.29 is 0 Å². The summed E-state index contributed by atoms with van der Waals surface area (Å²) in [5.41, 5.74) is 13.9. The van der Waals surface area contributed by atoms with Crippen LogP contribution in [0, 0.1) is 11.3 Å². The number of nitriles is 1. The number of fused-ring (bicyclic) bond motifs is 1. The van der Waals surface area contributed by atoms with Crippen LogP contribution in [0.4, 0.5) is 0 Å². The fourth-order valence-electron chi connectivity index (χ4n) is 8.62. The van der Waals surface area contributed by atoms with E-state index in [9.17, 15) is 5.26 Å². The molecule has 0 bridgehead atoms. The van der Waals surface area contributed by atoms with Gasteiger partial charge in [0.2, 0.25) is 0 Å². The molecule has 5 heteroatoms. The maximum absolute atomic E-state index is 10.5. The van der Waals surface area contributed by atoms with Gasteiger partial charge in [0.1, 0.15) is 6.07 Å². The maximum Gasteiger partial charge on any atom is 0.165 e. The molecule has 0 spiro atoms. The van der Waals surface area contributed by atoms with Gasteiger partial charge in [-0.15, -0.1) is 0 Å². The second-order valence-electron chi connectivity index (χ2n) is 16.2. The van der Waals surface area contributed by atoms with Gasteiger partial charge in [-0.05, 0) is 92.1 Å². The monoisotopic (exact) mass is 735 g/mol. The van der Waals surface area contributed by atoms with Crippen molar-refractivity contribution in [2.24, 2.45) is 0 Å². The molecule has 0 aliphatic heterocycles. The molecule has 0 fully saturated rings. The minimum Gasteiger partial charge on any atom is -0.254 e. The molecule has 0 radical (unpaired) electrons. The zero-order valence-corrected chi connectivity index (χ0v) is 32.5. The van der Waals surface area contributed by atoms with Gasteiger partial charge in [-0.2, -0.15) is 5.26 Å². The molecule has 5 nitrogen and oxygen atoms in total. The molecule has 0 saturated heterocycles. The highest BCUT2D eigenvalue weighted by Gasteiger charge is 2.41. The molecule has 0 N–H and O–H groups in total. The molecule has 0 amide bonds. The van der Waals surface area contributed by atoms with Crippen LogP contribution in [0.5, 0.6) is 0 Å². The second kappa shape index (κ2) is 14.2. The van der Waals surface area contributed by atoms with E-state index in [-0.39, 0.29) is 10.8 Å². The van der Waals surface area contributed by atoms with E-state index in [2.05, 4.69) is 137 Å². The highest BCUT2D eigenvalue weighted by molar-refractivity contribution is 5.78. The van der Waals surface area contributed by atoms with Gasteiger partial charge in [0, 0.05) is 28.5 Å². The molecule has 57 heavy (non-hydrogen) atoms. The van der Waals surface area contributed by atoms with Crippen molar-refractivity contribution >= 4 is 0 Å². The maximum atomic E-state index is 10.5. The van der Waals surface area contributed by atoms with Gasteiger partial charge < -0.3 is 0 Å². The zero-order chi connectivity index (χ0) is 39.1. The largest absolute Gasteiger partial charge is 0.254 e. The SMILES string of the molecule is CC1(C)CC(C)(C)c2cc(-c3ncc(-c4nc(-c5cccc(-c6ccccc6)c5)nc(-c5cccc(-c6cccc(-c7ccccc7)c6)c5)n4)cc3C#N)ccc21. The molecule has 1 aliphatic carbocycles. The van der Waals surface area contributed by atoms with Gasteiger partial charge >= 0.3 is 0 Å². The van der Waals surface area contributed by atoms with Crippen molar-refractivity contribution in [1.29, 1.82) is 5.26 Å². The summed E-state index contributed by atoms with van der Waals surface area (Å²) in [6.07, 6.45) is 2.85. The van der Waals surface area contributed by atoms with Crippen LogP contribution in [0.3, 0.4) is 0 Å². The fourth-order valence-corrected chi connectivity index (χ4v) is 8.62. The number of pyridine rings is 1. The number of aromatic nitrogens is 4. The quantitative estimate of drug-likeness (QED) is 0.163. The van der Waals surface area contributed by atoms with Crippen LogP contribution in [-0.2, 0) is 10.8 Å². The molecule has 8 aromatic rings. The molecular formula is C52H41N5. The summed E-state index contributed by atoms with van der Waals surface area (Å²) in [5, 5.41) is 10.5. The first-order chi connectivity index (χ1) is 27.6. The molecule has 6 aromatic carbocycles. The standard InChI is InChI=1S/C52H41N5/c1-51(2)33-52(3,4)46-30-40(24-25-45(46)51)47-43(31-53)29-44(32-54-47)50-56-48(41-22-12-19-37(27-41)35-16-9-6-10-17-35)55-49(57-50)42-23-13-21-39(28-42)38-20-11-18-36(26-38)34-14-7-5-8-15-34/h5-30,32H,33H2,1-4H3. The Kier molecular flexibility index (Phi) is 8.91. The van der Waals surface area contributed by atoms with Crippen molar-refractivity contribution in [2.75, 3.05) is 0 Å². The topological polar surface area (TPSA) is 75.3 Å². The smallest absolute Gasteiger partial charge is 0.165 e. The van der Waals surface area contributed by atoms with E-state index in [1.54, 1.807) is 6.20 Å². The first-order valence-corrected chi connectivity index (χ1v) is 19.4. The number of nitrogens with zero attached hydrogens (tertiary/aromatic N) is 5. The number of hydrogen-bond donors (Lipinski definition) is 0. The predicted molar refractivity (Wildman–Crippen MR) is 231 cm³/mol. The first kappa shape index (κ1) is 35.7.